The predicted octanol–water partition coefficient (Wildman–Crippen LogP) is 7.45. The molecule has 1 aliphatic heterocycles. The van der Waals surface area contributed by atoms with E-state index in [2.05, 4.69) is 39.3 Å². The molecule has 10 heteroatoms. The van der Waals surface area contributed by atoms with Crippen LogP contribution in [0.5, 0.6) is 5.75 Å². The van der Waals surface area contributed by atoms with Crippen molar-refractivity contribution in [3.63, 3.8) is 0 Å². The molecule has 1 heterocycles. The van der Waals surface area contributed by atoms with Gasteiger partial charge in [-0.2, -0.15) is 0 Å². The standard InChI is InChI=1S/C37H48ClN3O5S/c1-5-8-9-10-20-47(44,39-35(42)7-3)40-36(43)27-14-18-34-32(22-27)41(23-28-13-16-30(28)33(6-2)45-4)24-37(25-46-34)19-11-12-26-21-29(38)15-17-31(26)37/h5-6,14-15,17-18,21-22,28,30,33H,1-2,7-13,16,19-20,23-25H2,3-4H3,(H,39,40,42,43,44)/t28-,30+,33-,37-,47?/m0/s1. The lowest BCUT2D eigenvalue weighted by molar-refractivity contribution is -0.118. The molecule has 47 heavy (non-hydrogen) atoms. The predicted molar refractivity (Wildman–Crippen MR) is 190 cm³/mol. The number of carbonyl (C=O) groups is 2. The number of amides is 2. The van der Waals surface area contributed by atoms with E-state index in [-0.39, 0.29) is 23.7 Å². The molecular formula is C37H48ClN3O5S. The largest absolute Gasteiger partial charge is 0.490 e. The van der Waals surface area contributed by atoms with Gasteiger partial charge in [-0.25, -0.2) is 4.21 Å². The number of halogens is 1. The highest BCUT2D eigenvalue weighted by Gasteiger charge is 2.44. The summed E-state index contributed by atoms with van der Waals surface area (Å²) in [4.78, 5) is 28.4. The molecule has 1 spiro atoms. The smallest absolute Gasteiger partial charge is 0.286 e. The number of nitrogens with zero attached hydrogens (tertiary/aromatic N) is 2. The minimum Gasteiger partial charge on any atom is -0.490 e. The maximum atomic E-state index is 13.8. The normalized spacial score (nSPS) is 23.5. The summed E-state index contributed by atoms with van der Waals surface area (Å²) in [6, 6.07) is 11.5. The monoisotopic (exact) mass is 681 g/mol. The Morgan fingerprint density at radius 2 is 2.06 bits per heavy atom. The second-order valence-corrected chi connectivity index (χ2v) is 15.6. The molecule has 2 aromatic rings. The number of aryl methyl sites for hydroxylation is 1. The lowest BCUT2D eigenvalue weighted by atomic mass is 9.68. The maximum Gasteiger partial charge on any atom is 0.286 e. The molecule has 2 aliphatic carbocycles. The third-order valence-electron chi connectivity index (χ3n) is 10.0. The van der Waals surface area contributed by atoms with Crippen molar-refractivity contribution in [3.8, 4) is 5.75 Å². The Kier molecular flexibility index (Phi) is 11.5. The Bertz CT molecular complexity index is 1620. The Balaban J connectivity index is 1.51. The topological polar surface area (TPSA) is 97.3 Å². The van der Waals surface area contributed by atoms with Crippen LogP contribution < -0.4 is 14.4 Å². The summed E-state index contributed by atoms with van der Waals surface area (Å²) in [7, 11) is -1.57. The molecule has 2 amide bonds. The van der Waals surface area contributed by atoms with Crippen LogP contribution in [-0.4, -0.2) is 54.7 Å². The zero-order valence-electron chi connectivity index (χ0n) is 27.7. The minimum absolute atomic E-state index is 0.0207. The molecule has 0 aromatic heterocycles. The zero-order valence-corrected chi connectivity index (χ0v) is 29.3. The van der Waals surface area contributed by atoms with Crippen molar-refractivity contribution in [2.45, 2.75) is 76.2 Å². The number of hydrogen-bond donors (Lipinski definition) is 1. The SMILES string of the molecule is C=CCCCCS(=O)(=NC(=O)c1ccc2c(c1)N(C[C@@H]1CC[C@H]1[C@H](C=C)OC)C[C@@]1(CCCc3cc(Cl)ccc31)CO2)NC(=O)CC. The van der Waals surface area contributed by atoms with Gasteiger partial charge in [0.2, 0.25) is 5.91 Å². The molecule has 1 fully saturated rings. The van der Waals surface area contributed by atoms with Gasteiger partial charge >= 0.3 is 0 Å². The van der Waals surface area contributed by atoms with Crippen molar-refractivity contribution in [2.24, 2.45) is 16.2 Å². The first kappa shape index (κ1) is 35.2. The summed E-state index contributed by atoms with van der Waals surface area (Å²) < 4.78 is 32.9. The number of rotatable bonds is 13. The van der Waals surface area contributed by atoms with Crippen molar-refractivity contribution in [2.75, 3.05) is 37.5 Å². The number of allylic oxidation sites excluding steroid dienone is 1. The fraction of sp³-hybridized carbons (Fsp3) is 0.514. The van der Waals surface area contributed by atoms with Crippen molar-refractivity contribution in [1.82, 2.24) is 4.72 Å². The van der Waals surface area contributed by atoms with Gasteiger partial charge in [0.15, 0.2) is 0 Å². The first-order chi connectivity index (χ1) is 22.6. The Hall–Kier alpha value is -3.14. The van der Waals surface area contributed by atoms with Crippen LogP contribution in [0.1, 0.15) is 79.8 Å². The van der Waals surface area contributed by atoms with Gasteiger partial charge in [-0.3, -0.25) is 14.3 Å². The Labute approximate surface area is 285 Å². The maximum absolute atomic E-state index is 13.8. The van der Waals surface area contributed by atoms with Crippen LogP contribution >= 0.6 is 11.6 Å². The molecule has 1 N–H and O–H groups in total. The summed E-state index contributed by atoms with van der Waals surface area (Å²) in [6.07, 6.45) is 11.0. The Morgan fingerprint density at radius 3 is 2.77 bits per heavy atom. The van der Waals surface area contributed by atoms with E-state index < -0.39 is 21.7 Å². The second kappa shape index (κ2) is 15.4. The van der Waals surface area contributed by atoms with E-state index in [1.807, 2.05) is 24.3 Å². The van der Waals surface area contributed by atoms with Crippen LogP contribution in [-0.2, 0) is 31.3 Å². The van der Waals surface area contributed by atoms with Crippen LogP contribution in [0.15, 0.2) is 66.1 Å². The first-order valence-corrected chi connectivity index (χ1v) is 18.9. The zero-order chi connectivity index (χ0) is 33.6. The number of benzene rings is 2. The van der Waals surface area contributed by atoms with Gasteiger partial charge in [-0.1, -0.05) is 36.7 Å². The number of carbonyl (C=O) groups excluding carboxylic acids is 2. The number of methoxy groups -OCH3 is 1. The number of anilines is 1. The van der Waals surface area contributed by atoms with Gasteiger partial charge in [0.25, 0.3) is 5.91 Å². The van der Waals surface area contributed by atoms with Crippen molar-refractivity contribution < 1.29 is 23.3 Å². The van der Waals surface area contributed by atoms with Gasteiger partial charge in [0.05, 0.1) is 24.2 Å². The first-order valence-electron chi connectivity index (χ1n) is 16.8. The fourth-order valence-electron chi connectivity index (χ4n) is 7.37. The molecule has 3 aliphatic rings. The number of fused-ring (bicyclic) bond motifs is 3. The number of ether oxygens (including phenoxy) is 2. The summed E-state index contributed by atoms with van der Waals surface area (Å²) in [5, 5.41) is 0.738. The van der Waals surface area contributed by atoms with Crippen molar-refractivity contribution in [3.05, 3.63) is 83.4 Å². The van der Waals surface area contributed by atoms with Crippen LogP contribution in [0.25, 0.3) is 0 Å². The van der Waals surface area contributed by atoms with Crippen LogP contribution in [0.4, 0.5) is 5.69 Å². The lowest BCUT2D eigenvalue weighted by Crippen LogP contribution is -2.49. The minimum atomic E-state index is -3.30. The molecule has 1 unspecified atom stereocenters. The highest BCUT2D eigenvalue weighted by molar-refractivity contribution is 7.92. The molecule has 254 valence electrons. The summed E-state index contributed by atoms with van der Waals surface area (Å²) in [5.74, 6) is 0.495. The molecule has 1 saturated carbocycles. The van der Waals surface area contributed by atoms with E-state index >= 15 is 0 Å². The molecular weight excluding hydrogens is 634 g/mol. The second-order valence-electron chi connectivity index (χ2n) is 13.1. The van der Waals surface area contributed by atoms with Crippen LogP contribution in [0.3, 0.4) is 0 Å². The summed E-state index contributed by atoms with van der Waals surface area (Å²) >= 11 is 6.43. The average Bonchev–Trinajstić information content (AvgIpc) is 3.20. The van der Waals surface area contributed by atoms with Gasteiger partial charge in [-0.05, 0) is 105 Å². The van der Waals surface area contributed by atoms with Gasteiger partial charge < -0.3 is 14.4 Å². The van der Waals surface area contributed by atoms with E-state index in [9.17, 15) is 13.8 Å². The van der Waals surface area contributed by atoms with Gasteiger partial charge in [-0.15, -0.1) is 17.5 Å². The summed E-state index contributed by atoms with van der Waals surface area (Å²) in [5.41, 5.74) is 3.40. The van der Waals surface area contributed by atoms with Gasteiger partial charge in [0.1, 0.15) is 15.7 Å². The lowest BCUT2D eigenvalue weighted by Gasteiger charge is -2.46. The third-order valence-corrected chi connectivity index (χ3v) is 12.1. The van der Waals surface area contributed by atoms with E-state index in [1.165, 1.54) is 11.1 Å². The van der Waals surface area contributed by atoms with Crippen LogP contribution in [0.2, 0.25) is 5.02 Å². The van der Waals surface area contributed by atoms with Crippen molar-refractivity contribution >= 4 is 39.0 Å². The summed E-state index contributed by atoms with van der Waals surface area (Å²) in [6.45, 7) is 11.4. The molecule has 0 radical (unpaired) electrons. The number of nitrogens with one attached hydrogen (secondary N) is 1. The fourth-order valence-corrected chi connectivity index (χ4v) is 9.28. The number of unbranched alkanes of at least 4 members (excludes halogenated alkanes) is 2. The average molecular weight is 682 g/mol. The Morgan fingerprint density at radius 1 is 1.23 bits per heavy atom. The molecule has 0 bridgehead atoms. The molecule has 2 aromatic carbocycles. The molecule has 5 atom stereocenters. The van der Waals surface area contributed by atoms with Crippen molar-refractivity contribution in [1.29, 1.82) is 0 Å². The molecule has 8 nitrogen and oxygen atoms in total. The molecule has 0 saturated heterocycles. The van der Waals surface area contributed by atoms with Gasteiger partial charge in [0, 0.05) is 42.6 Å². The van der Waals surface area contributed by atoms with E-state index in [0.29, 0.717) is 42.7 Å². The van der Waals surface area contributed by atoms with E-state index in [0.717, 1.165) is 62.2 Å². The van der Waals surface area contributed by atoms with E-state index in [4.69, 9.17) is 21.1 Å². The molecule has 5 rings (SSSR count). The highest BCUT2D eigenvalue weighted by atomic mass is 35.5. The highest BCUT2D eigenvalue weighted by Crippen LogP contribution is 2.47. The number of hydrogen-bond acceptors (Lipinski definition) is 6. The van der Waals surface area contributed by atoms with Crippen LogP contribution in [0, 0.1) is 11.8 Å². The quantitative estimate of drug-likeness (QED) is 0.174. The van der Waals surface area contributed by atoms with E-state index in [1.54, 1.807) is 26.2 Å². The third kappa shape index (κ3) is 7.95.